The van der Waals surface area contributed by atoms with Gasteiger partial charge >= 0.3 is 0 Å². The number of hydrogen-bond donors (Lipinski definition) is 0. The molecule has 0 unspecified atom stereocenters. The molecule has 0 atom stereocenters. The van der Waals surface area contributed by atoms with Crippen molar-refractivity contribution in [2.45, 2.75) is 12.5 Å². The Morgan fingerprint density at radius 2 is 2.09 bits per heavy atom. The maximum Gasteiger partial charge on any atom is 0.228 e. The molecule has 1 aromatic heterocycles. The van der Waals surface area contributed by atoms with E-state index in [-0.39, 0.29) is 12.0 Å². The summed E-state index contributed by atoms with van der Waals surface area (Å²) in [6.07, 6.45) is 2.17. The van der Waals surface area contributed by atoms with Crippen LogP contribution in [-0.2, 0) is 18.3 Å². The summed E-state index contributed by atoms with van der Waals surface area (Å²) in [5.41, 5.74) is 1.39. The van der Waals surface area contributed by atoms with Crippen LogP contribution < -0.4 is 4.74 Å². The summed E-state index contributed by atoms with van der Waals surface area (Å²) in [5, 5.41) is 13.0. The van der Waals surface area contributed by atoms with E-state index in [1.165, 1.54) is 0 Å². The van der Waals surface area contributed by atoms with Crippen LogP contribution in [0.5, 0.6) is 5.75 Å². The molecule has 1 fully saturated rings. The summed E-state index contributed by atoms with van der Waals surface area (Å²) in [6.45, 7) is 1.18. The van der Waals surface area contributed by atoms with E-state index in [2.05, 4.69) is 11.2 Å². The van der Waals surface area contributed by atoms with Gasteiger partial charge in [-0.25, -0.2) is 0 Å². The molecule has 1 aliphatic heterocycles. The summed E-state index contributed by atoms with van der Waals surface area (Å²) in [7, 11) is 1.83. The van der Waals surface area contributed by atoms with E-state index >= 15 is 0 Å². The average Bonchev–Trinajstić information content (AvgIpc) is 2.88. The third kappa shape index (κ3) is 3.09. The first kappa shape index (κ1) is 14.1. The van der Waals surface area contributed by atoms with Crippen molar-refractivity contribution < 1.29 is 9.53 Å². The van der Waals surface area contributed by atoms with Crippen LogP contribution in [0.25, 0.3) is 0 Å². The number of carbonyl (C=O) groups is 1. The van der Waals surface area contributed by atoms with Gasteiger partial charge in [0.05, 0.1) is 36.8 Å². The molecule has 0 N–H and O–H groups in total. The fourth-order valence-electron chi connectivity index (χ4n) is 2.34. The van der Waals surface area contributed by atoms with E-state index in [1.807, 2.05) is 19.3 Å². The second kappa shape index (κ2) is 5.90. The number of amides is 1. The fourth-order valence-corrected chi connectivity index (χ4v) is 2.34. The summed E-state index contributed by atoms with van der Waals surface area (Å²) < 4.78 is 7.45. The Morgan fingerprint density at radius 3 is 2.68 bits per heavy atom. The van der Waals surface area contributed by atoms with E-state index in [0.29, 0.717) is 25.1 Å². The van der Waals surface area contributed by atoms with E-state index in [0.717, 1.165) is 11.4 Å². The number of ether oxygens (including phenoxy) is 1. The molecule has 6 heteroatoms. The van der Waals surface area contributed by atoms with Crippen LogP contribution >= 0.6 is 0 Å². The number of benzene rings is 1. The van der Waals surface area contributed by atoms with Gasteiger partial charge in [-0.15, -0.1) is 0 Å². The molecule has 6 nitrogen and oxygen atoms in total. The lowest BCUT2D eigenvalue weighted by atomic mass is 10.1. The zero-order valence-electron chi connectivity index (χ0n) is 12.3. The Kier molecular flexibility index (Phi) is 3.79. The van der Waals surface area contributed by atoms with Crippen molar-refractivity contribution in [1.29, 1.82) is 5.26 Å². The van der Waals surface area contributed by atoms with E-state index in [1.54, 1.807) is 33.8 Å². The molecule has 2 aromatic rings. The lowest BCUT2D eigenvalue weighted by molar-refractivity contribution is -0.139. The van der Waals surface area contributed by atoms with Crippen LogP contribution in [0.3, 0.4) is 0 Å². The molecule has 0 aliphatic carbocycles. The highest BCUT2D eigenvalue weighted by Gasteiger charge is 2.32. The lowest BCUT2D eigenvalue weighted by Gasteiger charge is -2.39. The van der Waals surface area contributed by atoms with Gasteiger partial charge in [0.15, 0.2) is 0 Å². The molecular weight excluding hydrogens is 280 g/mol. The zero-order valence-corrected chi connectivity index (χ0v) is 12.3. The summed E-state index contributed by atoms with van der Waals surface area (Å²) >= 11 is 0. The molecule has 0 spiro atoms. The van der Waals surface area contributed by atoms with Gasteiger partial charge < -0.3 is 9.64 Å². The zero-order chi connectivity index (χ0) is 15.5. The first-order valence-electron chi connectivity index (χ1n) is 7.07. The number of aromatic nitrogens is 2. The van der Waals surface area contributed by atoms with E-state index in [9.17, 15) is 4.79 Å². The Hall–Kier alpha value is -2.81. The third-order valence-corrected chi connectivity index (χ3v) is 3.59. The Balaban J connectivity index is 1.47. The van der Waals surface area contributed by atoms with Crippen LogP contribution in [0.2, 0.25) is 0 Å². The van der Waals surface area contributed by atoms with Gasteiger partial charge in [0.2, 0.25) is 5.91 Å². The summed E-state index contributed by atoms with van der Waals surface area (Å²) in [5.74, 6) is 0.791. The van der Waals surface area contributed by atoms with E-state index in [4.69, 9.17) is 10.00 Å². The second-order valence-electron chi connectivity index (χ2n) is 5.33. The van der Waals surface area contributed by atoms with Crippen molar-refractivity contribution in [2.75, 3.05) is 13.1 Å². The number of nitriles is 1. The summed E-state index contributed by atoms with van der Waals surface area (Å²) in [6, 6.07) is 10.9. The second-order valence-corrected chi connectivity index (χ2v) is 5.33. The number of nitrogens with zero attached hydrogens (tertiary/aromatic N) is 4. The number of rotatable bonds is 4. The topological polar surface area (TPSA) is 71.2 Å². The third-order valence-electron chi connectivity index (χ3n) is 3.59. The van der Waals surface area contributed by atoms with Crippen LogP contribution in [-0.4, -0.2) is 39.8 Å². The maximum atomic E-state index is 12.1. The van der Waals surface area contributed by atoms with Gasteiger partial charge in [-0.2, -0.15) is 10.4 Å². The number of aryl methyl sites for hydroxylation is 1. The molecule has 22 heavy (non-hydrogen) atoms. The van der Waals surface area contributed by atoms with Crippen LogP contribution in [0, 0.1) is 11.3 Å². The highest BCUT2D eigenvalue weighted by molar-refractivity contribution is 5.79. The predicted octanol–water partition coefficient (Wildman–Crippen LogP) is 1.12. The van der Waals surface area contributed by atoms with Crippen molar-refractivity contribution in [3.63, 3.8) is 0 Å². The number of likely N-dealkylation sites (tertiary alicyclic amines) is 1. The van der Waals surface area contributed by atoms with Gasteiger partial charge in [-0.1, -0.05) is 0 Å². The van der Waals surface area contributed by atoms with Crippen LogP contribution in [0.15, 0.2) is 36.5 Å². The Bertz CT molecular complexity index is 708. The lowest BCUT2D eigenvalue weighted by Crippen LogP contribution is -2.56. The van der Waals surface area contributed by atoms with Gasteiger partial charge in [-0.05, 0) is 30.3 Å². The van der Waals surface area contributed by atoms with Gasteiger partial charge in [0.25, 0.3) is 0 Å². The van der Waals surface area contributed by atoms with Crippen molar-refractivity contribution >= 4 is 5.91 Å². The van der Waals surface area contributed by atoms with Crippen LogP contribution in [0.1, 0.15) is 11.3 Å². The number of carbonyl (C=O) groups excluding carboxylic acids is 1. The molecule has 1 saturated heterocycles. The smallest absolute Gasteiger partial charge is 0.228 e. The first-order chi connectivity index (χ1) is 10.6. The molecule has 112 valence electrons. The molecular formula is C16H16N4O2. The average molecular weight is 296 g/mol. The van der Waals surface area contributed by atoms with Crippen molar-refractivity contribution in [3.8, 4) is 11.8 Å². The quantitative estimate of drug-likeness (QED) is 0.848. The maximum absolute atomic E-state index is 12.1. The number of hydrogen-bond acceptors (Lipinski definition) is 4. The molecule has 1 aliphatic rings. The highest BCUT2D eigenvalue weighted by atomic mass is 16.5. The van der Waals surface area contributed by atoms with Crippen molar-refractivity contribution in [1.82, 2.24) is 14.7 Å². The largest absolute Gasteiger partial charge is 0.487 e. The minimum Gasteiger partial charge on any atom is -0.487 e. The standard InChI is InChI=1S/C16H16N4O2/c1-19-7-6-13(18-19)8-16(21)20-10-15(11-20)22-14-4-2-12(9-17)3-5-14/h2-7,15H,8,10-11H2,1H3. The van der Waals surface area contributed by atoms with E-state index < -0.39 is 0 Å². The molecule has 3 rings (SSSR count). The fraction of sp³-hybridized carbons (Fsp3) is 0.312. The monoisotopic (exact) mass is 296 g/mol. The first-order valence-corrected chi connectivity index (χ1v) is 7.07. The minimum absolute atomic E-state index is 0.0145. The Labute approximate surface area is 128 Å². The molecule has 0 bridgehead atoms. The molecule has 0 saturated carbocycles. The highest BCUT2D eigenvalue weighted by Crippen LogP contribution is 2.19. The van der Waals surface area contributed by atoms with Gasteiger partial charge in [-0.3, -0.25) is 9.48 Å². The van der Waals surface area contributed by atoms with Crippen molar-refractivity contribution in [3.05, 3.63) is 47.8 Å². The Morgan fingerprint density at radius 1 is 1.36 bits per heavy atom. The minimum atomic E-state index is 0.0145. The normalized spacial score (nSPS) is 14.3. The molecule has 2 heterocycles. The molecule has 0 radical (unpaired) electrons. The van der Waals surface area contributed by atoms with Crippen molar-refractivity contribution in [2.24, 2.45) is 7.05 Å². The SMILES string of the molecule is Cn1ccc(CC(=O)N2CC(Oc3ccc(C#N)cc3)C2)n1. The predicted molar refractivity (Wildman–Crippen MR) is 79.1 cm³/mol. The summed E-state index contributed by atoms with van der Waals surface area (Å²) in [4.78, 5) is 13.8. The van der Waals surface area contributed by atoms with Crippen LogP contribution in [0.4, 0.5) is 0 Å². The molecule has 1 aromatic carbocycles. The molecule has 1 amide bonds. The van der Waals surface area contributed by atoms with Gasteiger partial charge in [0, 0.05) is 13.2 Å². The van der Waals surface area contributed by atoms with Gasteiger partial charge in [0.1, 0.15) is 11.9 Å².